The van der Waals surface area contributed by atoms with Gasteiger partial charge in [0.15, 0.2) is 0 Å². The van der Waals surface area contributed by atoms with E-state index in [4.69, 9.17) is 5.73 Å². The molecule has 0 amide bonds. The third-order valence-corrected chi connectivity index (χ3v) is 4.08. The van der Waals surface area contributed by atoms with E-state index in [2.05, 4.69) is 20.8 Å². The minimum Gasteiger partial charge on any atom is -0.325 e. The lowest BCUT2D eigenvalue weighted by Gasteiger charge is -2.30. The molecule has 0 unspecified atom stereocenters. The third kappa shape index (κ3) is 9.94. The Kier molecular flexibility index (Phi) is 12.0. The molecular formula is C17H37N. The molecule has 110 valence electrons. The zero-order valence-electron chi connectivity index (χ0n) is 13.3. The van der Waals surface area contributed by atoms with Crippen LogP contribution in [-0.4, -0.2) is 5.54 Å². The smallest absolute Gasteiger partial charge is 0.0154 e. The molecule has 1 nitrogen and oxygen atoms in total. The molecule has 0 aromatic carbocycles. The maximum atomic E-state index is 6.66. The number of hydrogen-bond acceptors (Lipinski definition) is 1. The molecule has 0 fully saturated rings. The third-order valence-electron chi connectivity index (χ3n) is 4.08. The zero-order chi connectivity index (χ0) is 13.7. The van der Waals surface area contributed by atoms with Gasteiger partial charge in [0.05, 0.1) is 0 Å². The van der Waals surface area contributed by atoms with Crippen LogP contribution in [0.15, 0.2) is 0 Å². The van der Waals surface area contributed by atoms with Crippen molar-refractivity contribution in [3.05, 3.63) is 0 Å². The molecule has 2 N–H and O–H groups in total. The number of rotatable bonds is 13. The summed E-state index contributed by atoms with van der Waals surface area (Å²) in [5.41, 5.74) is 6.81. The molecule has 0 spiro atoms. The van der Waals surface area contributed by atoms with E-state index < -0.39 is 0 Å². The Morgan fingerprint density at radius 1 is 0.556 bits per heavy atom. The Hall–Kier alpha value is -0.0400. The average molecular weight is 255 g/mol. The largest absolute Gasteiger partial charge is 0.325 e. The van der Waals surface area contributed by atoms with Gasteiger partial charge in [-0.3, -0.25) is 0 Å². The van der Waals surface area contributed by atoms with Crippen LogP contribution >= 0.6 is 0 Å². The van der Waals surface area contributed by atoms with Gasteiger partial charge < -0.3 is 5.73 Å². The van der Waals surface area contributed by atoms with E-state index in [1.807, 2.05) is 0 Å². The first-order chi connectivity index (χ1) is 8.68. The van der Waals surface area contributed by atoms with Gasteiger partial charge in [-0.15, -0.1) is 0 Å². The van der Waals surface area contributed by atoms with Crippen LogP contribution < -0.4 is 5.73 Å². The highest BCUT2D eigenvalue weighted by atomic mass is 14.7. The van der Waals surface area contributed by atoms with Crippen molar-refractivity contribution in [3.63, 3.8) is 0 Å². The Morgan fingerprint density at radius 2 is 0.889 bits per heavy atom. The Balaban J connectivity index is 3.95. The van der Waals surface area contributed by atoms with Crippen molar-refractivity contribution >= 4 is 0 Å². The normalized spacial score (nSPS) is 12.0. The maximum absolute atomic E-state index is 6.66. The Morgan fingerprint density at radius 3 is 1.28 bits per heavy atom. The molecule has 0 aromatic rings. The fourth-order valence-corrected chi connectivity index (χ4v) is 2.73. The van der Waals surface area contributed by atoms with Crippen molar-refractivity contribution in [3.8, 4) is 0 Å². The summed E-state index contributed by atoms with van der Waals surface area (Å²) in [6, 6.07) is 0. The summed E-state index contributed by atoms with van der Waals surface area (Å²) in [6.07, 6.45) is 17.1. The molecule has 0 aromatic heterocycles. The zero-order valence-corrected chi connectivity index (χ0v) is 13.3. The molecule has 0 aliphatic heterocycles. The van der Waals surface area contributed by atoms with E-state index in [1.54, 1.807) is 0 Å². The van der Waals surface area contributed by atoms with Crippen molar-refractivity contribution in [1.82, 2.24) is 0 Å². The van der Waals surface area contributed by atoms with E-state index in [1.165, 1.54) is 83.5 Å². The van der Waals surface area contributed by atoms with Gasteiger partial charge in [0.25, 0.3) is 0 Å². The molecule has 0 saturated heterocycles. The van der Waals surface area contributed by atoms with Crippen LogP contribution in [0.3, 0.4) is 0 Å². The van der Waals surface area contributed by atoms with E-state index in [-0.39, 0.29) is 5.54 Å². The van der Waals surface area contributed by atoms with Gasteiger partial charge in [-0.05, 0) is 19.3 Å². The van der Waals surface area contributed by atoms with Crippen molar-refractivity contribution in [2.45, 2.75) is 110 Å². The number of hydrogen-bond donors (Lipinski definition) is 1. The average Bonchev–Trinajstić information content (AvgIpc) is 2.36. The topological polar surface area (TPSA) is 26.0 Å². The van der Waals surface area contributed by atoms with Crippen molar-refractivity contribution < 1.29 is 0 Å². The van der Waals surface area contributed by atoms with Gasteiger partial charge in [0.2, 0.25) is 0 Å². The molecule has 0 heterocycles. The van der Waals surface area contributed by atoms with Gasteiger partial charge in [0, 0.05) is 5.54 Å². The second-order valence-corrected chi connectivity index (χ2v) is 6.09. The van der Waals surface area contributed by atoms with Crippen molar-refractivity contribution in [2.24, 2.45) is 5.73 Å². The highest BCUT2D eigenvalue weighted by Crippen LogP contribution is 2.26. The lowest BCUT2D eigenvalue weighted by molar-refractivity contribution is 0.305. The van der Waals surface area contributed by atoms with E-state index in [0.717, 1.165) is 0 Å². The second kappa shape index (κ2) is 12.0. The van der Waals surface area contributed by atoms with E-state index in [9.17, 15) is 0 Å². The van der Waals surface area contributed by atoms with Crippen LogP contribution in [0.5, 0.6) is 0 Å². The van der Waals surface area contributed by atoms with Crippen LogP contribution in [-0.2, 0) is 0 Å². The van der Waals surface area contributed by atoms with Crippen LogP contribution in [0.4, 0.5) is 0 Å². The predicted molar refractivity (Wildman–Crippen MR) is 84.0 cm³/mol. The lowest BCUT2D eigenvalue weighted by Crippen LogP contribution is -2.39. The molecule has 0 saturated carbocycles. The Bertz CT molecular complexity index is 155. The molecule has 0 radical (unpaired) electrons. The van der Waals surface area contributed by atoms with Gasteiger partial charge in [0.1, 0.15) is 0 Å². The quantitative estimate of drug-likeness (QED) is 0.413. The van der Waals surface area contributed by atoms with Gasteiger partial charge in [-0.1, -0.05) is 85.0 Å². The summed E-state index contributed by atoms with van der Waals surface area (Å²) in [5, 5.41) is 0. The van der Waals surface area contributed by atoms with Crippen LogP contribution in [0, 0.1) is 0 Å². The van der Waals surface area contributed by atoms with E-state index >= 15 is 0 Å². The summed E-state index contributed by atoms with van der Waals surface area (Å²) in [7, 11) is 0. The molecular weight excluding hydrogens is 218 g/mol. The summed E-state index contributed by atoms with van der Waals surface area (Å²) in [6.45, 7) is 6.82. The molecule has 0 atom stereocenters. The van der Waals surface area contributed by atoms with Crippen LogP contribution in [0.2, 0.25) is 0 Å². The number of unbranched alkanes of at least 4 members (excludes halogenated alkanes) is 7. The van der Waals surface area contributed by atoms with Gasteiger partial charge in [-0.2, -0.15) is 0 Å². The Labute approximate surface area is 116 Å². The first-order valence-electron chi connectivity index (χ1n) is 8.47. The van der Waals surface area contributed by atoms with Crippen LogP contribution in [0.1, 0.15) is 104 Å². The highest BCUT2D eigenvalue weighted by Gasteiger charge is 2.22. The van der Waals surface area contributed by atoms with Crippen molar-refractivity contribution in [2.75, 3.05) is 0 Å². The van der Waals surface area contributed by atoms with Crippen molar-refractivity contribution in [1.29, 1.82) is 0 Å². The lowest BCUT2D eigenvalue weighted by atomic mass is 9.83. The summed E-state index contributed by atoms with van der Waals surface area (Å²) >= 11 is 0. The molecule has 18 heavy (non-hydrogen) atoms. The predicted octanol–water partition coefficient (Wildman–Crippen LogP) is 5.81. The first kappa shape index (κ1) is 18.0. The minimum absolute atomic E-state index is 0.151. The molecule has 1 heteroatoms. The summed E-state index contributed by atoms with van der Waals surface area (Å²) in [5.74, 6) is 0. The molecule has 0 bridgehead atoms. The van der Waals surface area contributed by atoms with E-state index in [0.29, 0.717) is 0 Å². The van der Waals surface area contributed by atoms with Gasteiger partial charge in [-0.25, -0.2) is 0 Å². The summed E-state index contributed by atoms with van der Waals surface area (Å²) in [4.78, 5) is 0. The standard InChI is InChI=1S/C17H37N/c1-4-7-10-13-16-17(18,14-11-8-5-2)15-12-9-6-3/h4-16,18H2,1-3H3. The monoisotopic (exact) mass is 255 g/mol. The first-order valence-corrected chi connectivity index (χ1v) is 8.47. The van der Waals surface area contributed by atoms with Gasteiger partial charge >= 0.3 is 0 Å². The second-order valence-electron chi connectivity index (χ2n) is 6.09. The molecule has 0 aliphatic rings. The maximum Gasteiger partial charge on any atom is 0.0154 e. The SMILES string of the molecule is CCCCCCC(N)(CCCCC)CCCCC. The highest BCUT2D eigenvalue weighted by molar-refractivity contribution is 4.83. The summed E-state index contributed by atoms with van der Waals surface area (Å²) < 4.78 is 0. The molecule has 0 aliphatic carbocycles. The fourth-order valence-electron chi connectivity index (χ4n) is 2.73. The fraction of sp³-hybridized carbons (Fsp3) is 1.00. The van der Waals surface area contributed by atoms with Crippen LogP contribution in [0.25, 0.3) is 0 Å². The number of nitrogens with two attached hydrogens (primary N) is 1. The minimum atomic E-state index is 0.151. The molecule has 0 rings (SSSR count).